The first-order valence-electron chi connectivity index (χ1n) is 5.38. The highest BCUT2D eigenvalue weighted by Crippen LogP contribution is 2.32. The molecule has 0 radical (unpaired) electrons. The molecule has 3 N–H and O–H groups in total. The van der Waals surface area contributed by atoms with E-state index in [0.717, 1.165) is 4.47 Å². The third kappa shape index (κ3) is 4.63. The third-order valence-corrected chi connectivity index (χ3v) is 6.66. The number of nitrogens with one attached hydrogen (secondary N) is 1. The Morgan fingerprint density at radius 2 is 1.95 bits per heavy atom. The van der Waals surface area contributed by atoms with E-state index in [0.29, 0.717) is 11.0 Å². The molecule has 0 saturated carbocycles. The van der Waals surface area contributed by atoms with E-state index in [-0.39, 0.29) is 15.3 Å². The Morgan fingerprint density at radius 1 is 1.37 bits per heavy atom. The number of thioether (sulfide) groups is 1. The van der Waals surface area contributed by atoms with E-state index >= 15 is 0 Å². The van der Waals surface area contributed by atoms with Gasteiger partial charge >= 0.3 is 0 Å². The molecule has 19 heavy (non-hydrogen) atoms. The molecule has 1 aromatic rings. The van der Waals surface area contributed by atoms with Crippen LogP contribution in [0.2, 0.25) is 0 Å². The van der Waals surface area contributed by atoms with Gasteiger partial charge in [-0.1, -0.05) is 15.9 Å². The largest absolute Gasteiger partial charge is 0.398 e. The summed E-state index contributed by atoms with van der Waals surface area (Å²) in [5.41, 5.74) is 6.00. The van der Waals surface area contributed by atoms with Gasteiger partial charge in [0.2, 0.25) is 10.0 Å². The van der Waals surface area contributed by atoms with E-state index in [2.05, 4.69) is 36.6 Å². The zero-order valence-corrected chi connectivity index (χ0v) is 15.6. The summed E-state index contributed by atoms with van der Waals surface area (Å²) in [5.74, 6) is 0. The average molecular weight is 432 g/mol. The number of hydrogen-bond donors (Lipinski definition) is 2. The van der Waals surface area contributed by atoms with Gasteiger partial charge in [0.05, 0.1) is 5.69 Å². The number of sulfonamides is 1. The highest BCUT2D eigenvalue weighted by atomic mass is 79.9. The minimum Gasteiger partial charge on any atom is -0.398 e. The quantitative estimate of drug-likeness (QED) is 0.702. The maximum atomic E-state index is 12.3. The van der Waals surface area contributed by atoms with E-state index in [1.165, 1.54) is 0 Å². The second-order valence-corrected chi connectivity index (χ2v) is 9.58. The third-order valence-electron chi connectivity index (χ3n) is 2.55. The maximum Gasteiger partial charge on any atom is 0.243 e. The minimum atomic E-state index is -3.64. The van der Waals surface area contributed by atoms with E-state index in [1.807, 2.05) is 20.1 Å². The molecule has 0 bridgehead atoms. The van der Waals surface area contributed by atoms with Crippen molar-refractivity contribution >= 4 is 59.3 Å². The zero-order valence-electron chi connectivity index (χ0n) is 10.8. The Hall–Kier alpha value is 0.240. The monoisotopic (exact) mass is 430 g/mol. The molecular formula is C11H16Br2N2O2S2. The first kappa shape index (κ1) is 17.3. The van der Waals surface area contributed by atoms with Crippen LogP contribution in [0.15, 0.2) is 26.0 Å². The number of benzene rings is 1. The van der Waals surface area contributed by atoms with Gasteiger partial charge in [0.25, 0.3) is 0 Å². The molecule has 1 rings (SSSR count). The maximum absolute atomic E-state index is 12.3. The first-order chi connectivity index (χ1) is 8.59. The topological polar surface area (TPSA) is 72.2 Å². The van der Waals surface area contributed by atoms with Gasteiger partial charge in [-0.05, 0) is 48.2 Å². The van der Waals surface area contributed by atoms with Gasteiger partial charge in [0, 0.05) is 20.2 Å². The standard InChI is InChI=1S/C11H16Br2N2O2S2/c1-11(2,18-3)6-15-19(16,17)10-8(13)4-7(12)5-9(10)14/h4-5,15H,6,14H2,1-3H3. The number of nitrogen functional groups attached to an aromatic ring is 1. The Kier molecular flexibility index (Phi) is 5.77. The minimum absolute atomic E-state index is 0.0765. The fourth-order valence-electron chi connectivity index (χ4n) is 1.28. The second-order valence-electron chi connectivity index (χ2n) is 4.59. The van der Waals surface area contributed by atoms with Crippen molar-refractivity contribution in [1.29, 1.82) is 0 Å². The summed E-state index contributed by atoms with van der Waals surface area (Å²) in [6.45, 7) is 4.28. The zero-order chi connectivity index (χ0) is 14.8. The molecule has 0 aliphatic carbocycles. The number of nitrogens with two attached hydrogens (primary N) is 1. The lowest BCUT2D eigenvalue weighted by Crippen LogP contribution is -2.36. The van der Waals surface area contributed by atoms with Crippen molar-refractivity contribution in [3.63, 3.8) is 0 Å². The summed E-state index contributed by atoms with van der Waals surface area (Å²) in [6, 6.07) is 3.23. The highest BCUT2D eigenvalue weighted by molar-refractivity contribution is 9.11. The molecule has 0 atom stereocenters. The molecule has 8 heteroatoms. The molecule has 1 aromatic carbocycles. The van der Waals surface area contributed by atoms with Crippen molar-refractivity contribution in [3.8, 4) is 0 Å². The summed E-state index contributed by atoms with van der Waals surface area (Å²) < 4.78 is 28.2. The molecule has 0 fully saturated rings. The van der Waals surface area contributed by atoms with Gasteiger partial charge in [0.1, 0.15) is 4.90 Å². The van der Waals surface area contributed by atoms with Crippen LogP contribution in [0, 0.1) is 0 Å². The Labute approximate surface area is 135 Å². The van der Waals surface area contributed by atoms with E-state index < -0.39 is 10.0 Å². The molecule has 0 unspecified atom stereocenters. The molecule has 0 amide bonds. The van der Waals surface area contributed by atoms with Crippen LogP contribution in [0.25, 0.3) is 0 Å². The molecule has 0 saturated heterocycles. The predicted molar refractivity (Wildman–Crippen MR) is 89.0 cm³/mol. The van der Waals surface area contributed by atoms with Crippen LogP contribution >= 0.6 is 43.6 Å². The first-order valence-corrected chi connectivity index (χ1v) is 9.68. The number of halogens is 2. The fourth-order valence-corrected chi connectivity index (χ4v) is 4.86. The van der Waals surface area contributed by atoms with Gasteiger partial charge in [-0.2, -0.15) is 11.8 Å². The molecule has 0 aliphatic heterocycles. The normalized spacial score (nSPS) is 12.7. The van der Waals surface area contributed by atoms with Gasteiger partial charge in [-0.3, -0.25) is 0 Å². The molecule has 0 heterocycles. The van der Waals surface area contributed by atoms with Crippen molar-refractivity contribution in [2.45, 2.75) is 23.5 Å². The summed E-state index contributed by atoms with van der Waals surface area (Å²) in [5, 5.41) is 0. The second kappa shape index (κ2) is 6.34. The molecule has 0 spiro atoms. The van der Waals surface area contributed by atoms with Crippen LogP contribution in [-0.4, -0.2) is 26.0 Å². The van der Waals surface area contributed by atoms with Crippen molar-refractivity contribution < 1.29 is 8.42 Å². The summed E-state index contributed by atoms with van der Waals surface area (Å²) in [7, 11) is -3.64. The SMILES string of the molecule is CSC(C)(C)CNS(=O)(=O)c1c(N)cc(Br)cc1Br. The molecule has 0 aliphatic rings. The van der Waals surface area contributed by atoms with Crippen LogP contribution < -0.4 is 10.5 Å². The lowest BCUT2D eigenvalue weighted by molar-refractivity contribution is 0.570. The highest BCUT2D eigenvalue weighted by Gasteiger charge is 2.25. The van der Waals surface area contributed by atoms with Crippen molar-refractivity contribution in [3.05, 3.63) is 21.1 Å². The van der Waals surface area contributed by atoms with Crippen LogP contribution in [0.3, 0.4) is 0 Å². The van der Waals surface area contributed by atoms with Crippen molar-refractivity contribution in [2.75, 3.05) is 18.5 Å². The molecule has 0 aromatic heterocycles. The van der Waals surface area contributed by atoms with E-state index in [4.69, 9.17) is 5.73 Å². The number of anilines is 1. The molecular weight excluding hydrogens is 416 g/mol. The number of hydrogen-bond acceptors (Lipinski definition) is 4. The molecule has 4 nitrogen and oxygen atoms in total. The summed E-state index contributed by atoms with van der Waals surface area (Å²) in [6.07, 6.45) is 1.94. The van der Waals surface area contributed by atoms with E-state index in [9.17, 15) is 8.42 Å². The van der Waals surface area contributed by atoms with Gasteiger partial charge in [-0.15, -0.1) is 0 Å². The van der Waals surface area contributed by atoms with Crippen LogP contribution in [0.5, 0.6) is 0 Å². The van der Waals surface area contributed by atoms with Crippen molar-refractivity contribution in [1.82, 2.24) is 4.72 Å². The van der Waals surface area contributed by atoms with Gasteiger partial charge < -0.3 is 5.73 Å². The predicted octanol–water partition coefficient (Wildman–Crippen LogP) is 3.21. The smallest absolute Gasteiger partial charge is 0.243 e. The molecule has 108 valence electrons. The Morgan fingerprint density at radius 3 is 2.42 bits per heavy atom. The van der Waals surface area contributed by atoms with Crippen LogP contribution in [-0.2, 0) is 10.0 Å². The van der Waals surface area contributed by atoms with Gasteiger partial charge in [-0.25, -0.2) is 13.1 Å². The average Bonchev–Trinajstić information content (AvgIpc) is 2.25. The van der Waals surface area contributed by atoms with E-state index in [1.54, 1.807) is 23.9 Å². The van der Waals surface area contributed by atoms with Gasteiger partial charge in [0.15, 0.2) is 0 Å². The lowest BCUT2D eigenvalue weighted by atomic mass is 10.2. The van der Waals surface area contributed by atoms with Crippen molar-refractivity contribution in [2.24, 2.45) is 0 Å². The lowest BCUT2D eigenvalue weighted by Gasteiger charge is -2.22. The summed E-state index contributed by atoms with van der Waals surface area (Å²) in [4.78, 5) is 0.0765. The fraction of sp³-hybridized carbons (Fsp3) is 0.455. The summed E-state index contributed by atoms with van der Waals surface area (Å²) >= 11 is 8.10. The Bertz CT molecular complexity index is 551. The number of rotatable bonds is 5. The van der Waals surface area contributed by atoms with Crippen LogP contribution in [0.1, 0.15) is 13.8 Å². The Balaban J connectivity index is 3.09. The van der Waals surface area contributed by atoms with Crippen LogP contribution in [0.4, 0.5) is 5.69 Å².